The Hall–Kier alpha value is -1.72. The molecule has 0 aliphatic carbocycles. The van der Waals surface area contributed by atoms with Crippen LogP contribution in [0, 0.1) is 0 Å². The molecule has 0 spiro atoms. The Morgan fingerprint density at radius 3 is 3.05 bits per heavy atom. The summed E-state index contributed by atoms with van der Waals surface area (Å²) in [4.78, 5) is 20.1. The summed E-state index contributed by atoms with van der Waals surface area (Å²) in [5.41, 5.74) is 1.08. The van der Waals surface area contributed by atoms with Gasteiger partial charge in [0.25, 0.3) is 0 Å². The average Bonchev–Trinajstić information content (AvgIpc) is 3.08. The van der Waals surface area contributed by atoms with Crippen molar-refractivity contribution in [2.75, 3.05) is 13.1 Å². The summed E-state index contributed by atoms with van der Waals surface area (Å²) in [6, 6.07) is 10.3. The van der Waals surface area contributed by atoms with Gasteiger partial charge in [0.1, 0.15) is 0 Å². The monoisotopic (exact) mass is 315 g/mol. The van der Waals surface area contributed by atoms with Gasteiger partial charge in [-0.25, -0.2) is 0 Å². The van der Waals surface area contributed by atoms with Crippen molar-refractivity contribution in [2.45, 2.75) is 31.8 Å². The minimum absolute atomic E-state index is 0.0937. The van der Waals surface area contributed by atoms with Crippen LogP contribution < -0.4 is 5.32 Å². The molecular formula is C17H21N3OS. The van der Waals surface area contributed by atoms with Gasteiger partial charge < -0.3 is 5.32 Å². The van der Waals surface area contributed by atoms with Crippen LogP contribution in [0.3, 0.4) is 0 Å². The van der Waals surface area contributed by atoms with Crippen molar-refractivity contribution in [3.05, 3.63) is 52.5 Å². The highest BCUT2D eigenvalue weighted by atomic mass is 32.1. The van der Waals surface area contributed by atoms with Gasteiger partial charge in [0.2, 0.25) is 5.91 Å². The van der Waals surface area contributed by atoms with Crippen molar-refractivity contribution >= 4 is 17.2 Å². The highest BCUT2D eigenvalue weighted by Crippen LogP contribution is 2.29. The van der Waals surface area contributed by atoms with Gasteiger partial charge >= 0.3 is 0 Å². The van der Waals surface area contributed by atoms with E-state index in [2.05, 4.69) is 21.3 Å². The lowest BCUT2D eigenvalue weighted by atomic mass is 9.99. The van der Waals surface area contributed by atoms with Crippen LogP contribution in [0.4, 0.5) is 0 Å². The van der Waals surface area contributed by atoms with Gasteiger partial charge in [0.15, 0.2) is 0 Å². The van der Waals surface area contributed by atoms with Gasteiger partial charge in [-0.15, -0.1) is 11.3 Å². The van der Waals surface area contributed by atoms with E-state index in [0.29, 0.717) is 13.1 Å². The third-order valence-corrected chi connectivity index (χ3v) is 4.91. The molecule has 1 fully saturated rings. The van der Waals surface area contributed by atoms with Crippen molar-refractivity contribution in [2.24, 2.45) is 0 Å². The number of rotatable bonds is 5. The number of thiophene rings is 1. The molecule has 0 unspecified atom stereocenters. The number of likely N-dealkylation sites (tertiary alicyclic amines) is 1. The van der Waals surface area contributed by atoms with E-state index in [9.17, 15) is 4.79 Å². The number of nitrogens with zero attached hydrogens (tertiary/aromatic N) is 2. The summed E-state index contributed by atoms with van der Waals surface area (Å²) < 4.78 is 0. The maximum absolute atomic E-state index is 12.2. The lowest BCUT2D eigenvalue weighted by molar-refractivity contribution is -0.123. The lowest BCUT2D eigenvalue weighted by Gasteiger charge is -2.34. The molecule has 1 N–H and O–H groups in total. The van der Waals surface area contributed by atoms with Crippen LogP contribution in [0.25, 0.3) is 0 Å². The fraction of sp³-hybridized carbons (Fsp3) is 0.412. The summed E-state index contributed by atoms with van der Waals surface area (Å²) in [5.74, 6) is 0.0937. The fourth-order valence-electron chi connectivity index (χ4n) is 2.93. The van der Waals surface area contributed by atoms with E-state index in [-0.39, 0.29) is 11.9 Å². The fourth-order valence-corrected chi connectivity index (χ4v) is 3.57. The minimum atomic E-state index is 0.0937. The van der Waals surface area contributed by atoms with E-state index >= 15 is 0 Å². The van der Waals surface area contributed by atoms with E-state index in [0.717, 1.165) is 25.1 Å². The zero-order valence-electron chi connectivity index (χ0n) is 12.6. The molecule has 1 amide bonds. The summed E-state index contributed by atoms with van der Waals surface area (Å²) in [7, 11) is 0. The van der Waals surface area contributed by atoms with Crippen molar-refractivity contribution in [1.29, 1.82) is 0 Å². The number of aromatic nitrogens is 1. The second kappa shape index (κ2) is 7.51. The molecule has 1 aliphatic rings. The Bertz CT molecular complexity index is 585. The van der Waals surface area contributed by atoms with Crippen LogP contribution in [0.1, 0.15) is 35.9 Å². The third kappa shape index (κ3) is 3.93. The Morgan fingerprint density at radius 1 is 1.32 bits per heavy atom. The number of amides is 1. The van der Waals surface area contributed by atoms with E-state index in [4.69, 9.17) is 0 Å². The SMILES string of the molecule is O=C(CN1CCCC[C@H]1c1ccccn1)NCc1cccs1. The Morgan fingerprint density at radius 2 is 2.27 bits per heavy atom. The van der Waals surface area contributed by atoms with Crippen LogP contribution in [-0.2, 0) is 11.3 Å². The Balaban J connectivity index is 1.58. The lowest BCUT2D eigenvalue weighted by Crippen LogP contribution is -2.41. The van der Waals surface area contributed by atoms with Crippen molar-refractivity contribution < 1.29 is 4.79 Å². The minimum Gasteiger partial charge on any atom is -0.350 e. The summed E-state index contributed by atoms with van der Waals surface area (Å²) in [6.45, 7) is 2.04. The zero-order valence-corrected chi connectivity index (χ0v) is 13.4. The molecule has 3 rings (SSSR count). The topological polar surface area (TPSA) is 45.2 Å². The number of hydrogen-bond acceptors (Lipinski definition) is 4. The van der Waals surface area contributed by atoms with Crippen LogP contribution in [-0.4, -0.2) is 28.9 Å². The van der Waals surface area contributed by atoms with Gasteiger partial charge in [-0.3, -0.25) is 14.7 Å². The van der Waals surface area contributed by atoms with Crippen molar-refractivity contribution in [1.82, 2.24) is 15.2 Å². The molecule has 1 saturated heterocycles. The molecule has 5 heteroatoms. The third-order valence-electron chi connectivity index (χ3n) is 4.03. The molecule has 1 aliphatic heterocycles. The van der Waals surface area contributed by atoms with Crippen molar-refractivity contribution in [3.8, 4) is 0 Å². The molecule has 22 heavy (non-hydrogen) atoms. The zero-order chi connectivity index (χ0) is 15.2. The van der Waals surface area contributed by atoms with Gasteiger partial charge in [-0.05, 0) is 43.0 Å². The van der Waals surface area contributed by atoms with Gasteiger partial charge in [-0.1, -0.05) is 18.6 Å². The standard InChI is InChI=1S/C17H21N3OS/c21-17(19-12-14-6-5-11-22-14)13-20-10-4-2-8-16(20)15-7-1-3-9-18-15/h1,3,5-7,9,11,16H,2,4,8,10,12-13H2,(H,19,21)/t16-/m0/s1. The molecule has 4 nitrogen and oxygen atoms in total. The largest absolute Gasteiger partial charge is 0.350 e. The summed E-state index contributed by atoms with van der Waals surface area (Å²) in [6.07, 6.45) is 5.27. The smallest absolute Gasteiger partial charge is 0.234 e. The molecule has 2 aromatic heterocycles. The van der Waals surface area contributed by atoms with Crippen molar-refractivity contribution in [3.63, 3.8) is 0 Å². The molecule has 0 aromatic carbocycles. The molecule has 3 heterocycles. The number of carbonyl (C=O) groups is 1. The summed E-state index contributed by atoms with van der Waals surface area (Å²) >= 11 is 1.67. The predicted octanol–water partition coefficient (Wildman–Crippen LogP) is 2.99. The number of piperidine rings is 1. The normalized spacial score (nSPS) is 19.0. The maximum atomic E-state index is 12.2. The first-order valence-electron chi connectivity index (χ1n) is 7.77. The van der Waals surface area contributed by atoms with Crippen LogP contribution in [0.15, 0.2) is 41.9 Å². The van der Waals surface area contributed by atoms with E-state index in [1.54, 1.807) is 11.3 Å². The molecule has 2 aromatic rings. The van der Waals surface area contributed by atoms with Crippen LogP contribution in [0.5, 0.6) is 0 Å². The Kier molecular flexibility index (Phi) is 5.19. The quantitative estimate of drug-likeness (QED) is 0.922. The van der Waals surface area contributed by atoms with E-state index in [1.165, 1.54) is 11.3 Å². The van der Waals surface area contributed by atoms with Crippen LogP contribution >= 0.6 is 11.3 Å². The number of hydrogen-bond donors (Lipinski definition) is 1. The van der Waals surface area contributed by atoms with Crippen LogP contribution in [0.2, 0.25) is 0 Å². The Labute approximate surface area is 135 Å². The maximum Gasteiger partial charge on any atom is 0.234 e. The first kappa shape index (κ1) is 15.2. The van der Waals surface area contributed by atoms with E-state index in [1.807, 2.05) is 35.8 Å². The highest BCUT2D eigenvalue weighted by molar-refractivity contribution is 7.09. The predicted molar refractivity (Wildman–Crippen MR) is 88.6 cm³/mol. The second-order valence-corrected chi connectivity index (χ2v) is 6.62. The first-order chi connectivity index (χ1) is 10.8. The number of pyridine rings is 1. The number of carbonyl (C=O) groups excluding carboxylic acids is 1. The molecule has 0 radical (unpaired) electrons. The van der Waals surface area contributed by atoms with Gasteiger partial charge in [0, 0.05) is 11.1 Å². The molecule has 1 atom stereocenters. The number of nitrogens with one attached hydrogen (secondary N) is 1. The highest BCUT2D eigenvalue weighted by Gasteiger charge is 2.26. The molecular weight excluding hydrogens is 294 g/mol. The molecule has 0 bridgehead atoms. The molecule has 116 valence electrons. The second-order valence-electron chi connectivity index (χ2n) is 5.59. The first-order valence-corrected chi connectivity index (χ1v) is 8.65. The average molecular weight is 315 g/mol. The molecule has 0 saturated carbocycles. The van der Waals surface area contributed by atoms with Gasteiger partial charge in [0.05, 0.1) is 24.8 Å². The summed E-state index contributed by atoms with van der Waals surface area (Å²) in [5, 5.41) is 5.04. The van der Waals surface area contributed by atoms with E-state index < -0.39 is 0 Å². The van der Waals surface area contributed by atoms with Gasteiger partial charge in [-0.2, -0.15) is 0 Å².